The third-order valence-electron chi connectivity index (χ3n) is 2.21. The molecule has 0 radical (unpaired) electrons. The Hall–Kier alpha value is -1.62. The van der Waals surface area contributed by atoms with E-state index < -0.39 is 11.6 Å². The van der Waals surface area contributed by atoms with Crippen LogP contribution in [0.3, 0.4) is 0 Å². The molecule has 0 aliphatic rings. The van der Waals surface area contributed by atoms with Crippen molar-refractivity contribution in [3.05, 3.63) is 34.5 Å². The number of hydrogen-bond donors (Lipinski definition) is 1. The number of hydrogen-bond acceptors (Lipinski definition) is 3. The van der Waals surface area contributed by atoms with Crippen LogP contribution in [0, 0.1) is 18.6 Å². The first-order valence-corrected chi connectivity index (χ1v) is 4.74. The fourth-order valence-corrected chi connectivity index (χ4v) is 1.66. The first-order valence-electron chi connectivity index (χ1n) is 4.37. The lowest BCUT2D eigenvalue weighted by atomic mass is 10.0. The largest absolute Gasteiger partial charge is 0.367 e. The van der Waals surface area contributed by atoms with E-state index in [0.717, 1.165) is 6.20 Å². The molecule has 0 aliphatic carbocycles. The van der Waals surface area contributed by atoms with Crippen LogP contribution in [0.15, 0.2) is 16.8 Å². The summed E-state index contributed by atoms with van der Waals surface area (Å²) in [6.45, 7) is 1.48. The Balaban J connectivity index is 2.79. The maximum absolute atomic E-state index is 13.8. The molecule has 16 heavy (non-hydrogen) atoms. The summed E-state index contributed by atoms with van der Waals surface area (Å²) >= 11 is 5.63. The van der Waals surface area contributed by atoms with Gasteiger partial charge >= 0.3 is 0 Å². The highest BCUT2D eigenvalue weighted by Crippen LogP contribution is 2.35. The van der Waals surface area contributed by atoms with E-state index >= 15 is 0 Å². The van der Waals surface area contributed by atoms with Crippen molar-refractivity contribution >= 4 is 17.5 Å². The normalized spacial score (nSPS) is 10.8. The van der Waals surface area contributed by atoms with Crippen molar-refractivity contribution < 1.29 is 13.3 Å². The van der Waals surface area contributed by atoms with Crippen molar-refractivity contribution in [1.29, 1.82) is 0 Å². The Morgan fingerprint density at radius 3 is 2.62 bits per heavy atom. The zero-order valence-corrected chi connectivity index (χ0v) is 8.98. The predicted octanol–water partition coefficient (Wildman–Crippen LogP) is 3.16. The molecule has 2 N–H and O–H groups in total. The van der Waals surface area contributed by atoms with E-state index in [4.69, 9.17) is 17.3 Å². The highest BCUT2D eigenvalue weighted by Gasteiger charge is 2.21. The number of rotatable bonds is 1. The average Bonchev–Trinajstić information content (AvgIpc) is 2.63. The molecule has 0 atom stereocenters. The van der Waals surface area contributed by atoms with Gasteiger partial charge in [-0.2, -0.15) is 0 Å². The molecule has 0 amide bonds. The number of aryl methyl sites for hydroxylation is 1. The SMILES string of the molecule is Cc1cc(Cl)c(F)c(-c2cnoc2N)c1F. The molecule has 1 aromatic carbocycles. The minimum Gasteiger partial charge on any atom is -0.367 e. The number of aromatic nitrogens is 1. The zero-order chi connectivity index (χ0) is 11.9. The van der Waals surface area contributed by atoms with Gasteiger partial charge < -0.3 is 10.3 Å². The highest BCUT2D eigenvalue weighted by atomic mass is 35.5. The van der Waals surface area contributed by atoms with Gasteiger partial charge in [0.25, 0.3) is 0 Å². The van der Waals surface area contributed by atoms with Gasteiger partial charge in [0.15, 0.2) is 5.82 Å². The number of nitrogens with zero attached hydrogens (tertiary/aromatic N) is 1. The van der Waals surface area contributed by atoms with Crippen LogP contribution in [0.1, 0.15) is 5.56 Å². The Morgan fingerprint density at radius 1 is 1.38 bits per heavy atom. The monoisotopic (exact) mass is 244 g/mol. The summed E-state index contributed by atoms with van der Waals surface area (Å²) in [6, 6.07) is 1.21. The van der Waals surface area contributed by atoms with Gasteiger partial charge in [0.2, 0.25) is 5.88 Å². The van der Waals surface area contributed by atoms with Crippen molar-refractivity contribution in [2.24, 2.45) is 0 Å². The van der Waals surface area contributed by atoms with E-state index in [9.17, 15) is 8.78 Å². The molecule has 1 heterocycles. The smallest absolute Gasteiger partial charge is 0.230 e. The molecular weight excluding hydrogens is 238 g/mol. The summed E-state index contributed by atoms with van der Waals surface area (Å²) in [7, 11) is 0. The topological polar surface area (TPSA) is 52.0 Å². The predicted molar refractivity (Wildman–Crippen MR) is 56.0 cm³/mol. The molecule has 0 aliphatic heterocycles. The number of anilines is 1. The fourth-order valence-electron chi connectivity index (χ4n) is 1.40. The minimum atomic E-state index is -0.875. The van der Waals surface area contributed by atoms with Crippen LogP contribution in [-0.2, 0) is 0 Å². The van der Waals surface area contributed by atoms with Crippen LogP contribution >= 0.6 is 11.6 Å². The van der Waals surface area contributed by atoms with Gasteiger partial charge in [-0.15, -0.1) is 0 Å². The zero-order valence-electron chi connectivity index (χ0n) is 8.22. The Labute approximate surface area is 94.8 Å². The molecule has 2 rings (SSSR count). The Morgan fingerprint density at radius 2 is 2.06 bits per heavy atom. The lowest BCUT2D eigenvalue weighted by Crippen LogP contribution is -1.96. The second-order valence-electron chi connectivity index (χ2n) is 3.28. The van der Waals surface area contributed by atoms with Crippen molar-refractivity contribution in [1.82, 2.24) is 5.16 Å². The molecule has 0 bridgehead atoms. The van der Waals surface area contributed by atoms with Gasteiger partial charge in [-0.25, -0.2) is 8.78 Å². The Kier molecular flexibility index (Phi) is 2.55. The van der Waals surface area contributed by atoms with Gasteiger partial charge in [0.05, 0.1) is 22.3 Å². The number of halogens is 3. The first-order chi connectivity index (χ1) is 7.52. The minimum absolute atomic E-state index is 0.0561. The Bertz CT molecular complexity index is 528. The van der Waals surface area contributed by atoms with Crippen molar-refractivity contribution in [2.75, 3.05) is 5.73 Å². The molecule has 1 aromatic heterocycles. The molecule has 6 heteroatoms. The van der Waals surface area contributed by atoms with Gasteiger partial charge in [0, 0.05) is 0 Å². The summed E-state index contributed by atoms with van der Waals surface area (Å²) in [5.41, 5.74) is 5.37. The summed E-state index contributed by atoms with van der Waals surface area (Å²) in [5, 5.41) is 3.19. The van der Waals surface area contributed by atoms with Gasteiger partial charge in [-0.3, -0.25) is 0 Å². The van der Waals surface area contributed by atoms with Crippen LogP contribution < -0.4 is 5.73 Å². The van der Waals surface area contributed by atoms with Gasteiger partial charge in [-0.1, -0.05) is 16.8 Å². The number of benzene rings is 1. The van der Waals surface area contributed by atoms with Crippen molar-refractivity contribution in [3.63, 3.8) is 0 Å². The third kappa shape index (κ3) is 1.53. The lowest BCUT2D eigenvalue weighted by Gasteiger charge is -2.07. The molecule has 0 fully saturated rings. The summed E-state index contributed by atoms with van der Waals surface area (Å²) < 4.78 is 32.0. The van der Waals surface area contributed by atoms with Crippen LogP contribution in [-0.4, -0.2) is 5.16 Å². The van der Waals surface area contributed by atoms with Crippen LogP contribution in [0.25, 0.3) is 11.1 Å². The molecule has 0 unspecified atom stereocenters. The van der Waals surface area contributed by atoms with Crippen molar-refractivity contribution in [2.45, 2.75) is 6.92 Å². The molecular formula is C10H7ClF2N2O. The fraction of sp³-hybridized carbons (Fsp3) is 0.100. The van der Waals surface area contributed by atoms with E-state index in [1.807, 2.05) is 0 Å². The standard InChI is InChI=1S/C10H7ClF2N2O/c1-4-2-6(11)9(13)7(8(4)12)5-3-15-16-10(5)14/h2-3H,14H2,1H3. The maximum Gasteiger partial charge on any atom is 0.230 e. The van der Waals surface area contributed by atoms with E-state index in [0.29, 0.717) is 0 Å². The summed E-state index contributed by atoms with van der Waals surface area (Å²) in [5.74, 6) is -1.75. The van der Waals surface area contributed by atoms with E-state index in [2.05, 4.69) is 9.68 Å². The summed E-state index contributed by atoms with van der Waals surface area (Å²) in [4.78, 5) is 0. The van der Waals surface area contributed by atoms with E-state index in [1.165, 1.54) is 13.0 Å². The molecule has 0 spiro atoms. The van der Waals surface area contributed by atoms with Crippen LogP contribution in [0.2, 0.25) is 5.02 Å². The lowest BCUT2D eigenvalue weighted by molar-refractivity contribution is 0.436. The molecule has 2 aromatic rings. The average molecular weight is 245 g/mol. The molecule has 0 saturated carbocycles. The van der Waals surface area contributed by atoms with Gasteiger partial charge in [0.1, 0.15) is 5.82 Å². The van der Waals surface area contributed by atoms with Gasteiger partial charge in [-0.05, 0) is 18.6 Å². The van der Waals surface area contributed by atoms with E-state index in [-0.39, 0.29) is 27.6 Å². The molecule has 3 nitrogen and oxygen atoms in total. The molecule has 84 valence electrons. The highest BCUT2D eigenvalue weighted by molar-refractivity contribution is 6.31. The van der Waals surface area contributed by atoms with E-state index in [1.54, 1.807) is 0 Å². The second kappa shape index (κ2) is 3.75. The van der Waals surface area contributed by atoms with Crippen molar-refractivity contribution in [3.8, 4) is 11.1 Å². The van der Waals surface area contributed by atoms with Crippen LogP contribution in [0.5, 0.6) is 0 Å². The third-order valence-corrected chi connectivity index (χ3v) is 2.48. The number of nitrogens with two attached hydrogens (primary N) is 1. The number of nitrogen functional groups attached to an aromatic ring is 1. The second-order valence-corrected chi connectivity index (χ2v) is 3.69. The maximum atomic E-state index is 13.8. The first kappa shape index (κ1) is 10.9. The quantitative estimate of drug-likeness (QED) is 0.784. The van der Waals surface area contributed by atoms with Crippen LogP contribution in [0.4, 0.5) is 14.7 Å². The molecule has 0 saturated heterocycles. The summed E-state index contributed by atoms with van der Waals surface area (Å²) in [6.07, 6.45) is 1.15.